The Morgan fingerprint density at radius 3 is 1.20 bits per heavy atom. The molecule has 0 radical (unpaired) electrons. The molecule has 3 saturated heterocycles. The molecule has 6 heterocycles. The predicted molar refractivity (Wildman–Crippen MR) is 307 cm³/mol. The summed E-state index contributed by atoms with van der Waals surface area (Å²) in [5, 5.41) is 10.7. The molecule has 0 aliphatic carbocycles. The maximum absolute atomic E-state index is 14.3. The van der Waals surface area contributed by atoms with Crippen LogP contribution in [0.2, 0.25) is 0 Å². The summed E-state index contributed by atoms with van der Waals surface area (Å²) >= 11 is 0. The van der Waals surface area contributed by atoms with E-state index in [1.165, 1.54) is 4.90 Å². The van der Waals surface area contributed by atoms with E-state index in [0.717, 1.165) is 23.1 Å². The van der Waals surface area contributed by atoms with Crippen molar-refractivity contribution in [2.45, 2.75) is 147 Å². The molecule has 11 rings (SSSR count). The van der Waals surface area contributed by atoms with Gasteiger partial charge in [-0.05, 0) is 108 Å². The first kappa shape index (κ1) is 69.0. The van der Waals surface area contributed by atoms with Crippen molar-refractivity contribution in [2.75, 3.05) is 19.6 Å². The van der Waals surface area contributed by atoms with Gasteiger partial charge >= 0.3 is 66.9 Å². The van der Waals surface area contributed by atoms with Crippen LogP contribution in [0, 0.1) is 19.7 Å². The summed E-state index contributed by atoms with van der Waals surface area (Å²) in [5.41, 5.74) is 1.73. The minimum absolute atomic E-state index is 0. The number of amides is 3. The number of rotatable bonds is 13. The van der Waals surface area contributed by atoms with Gasteiger partial charge in [0.1, 0.15) is 52.4 Å². The van der Waals surface area contributed by atoms with Crippen LogP contribution in [0.5, 0.6) is 17.2 Å². The molecule has 25 heteroatoms. The van der Waals surface area contributed by atoms with E-state index >= 15 is 0 Å². The van der Waals surface area contributed by atoms with E-state index in [9.17, 15) is 38.4 Å². The van der Waals surface area contributed by atoms with Crippen LogP contribution < -0.4 is 83.1 Å². The van der Waals surface area contributed by atoms with Gasteiger partial charge in [0.05, 0.1) is 58.9 Å². The molecule has 0 bridgehead atoms. The summed E-state index contributed by atoms with van der Waals surface area (Å²) in [5.74, 6) is 1.51. The topological polar surface area (TPSA) is 239 Å². The molecular weight excluding hydrogens is 1180 g/mol. The van der Waals surface area contributed by atoms with Crippen molar-refractivity contribution in [2.24, 2.45) is 0 Å². The van der Waals surface area contributed by atoms with Gasteiger partial charge in [-0.3, -0.25) is 28.0 Å². The van der Waals surface area contributed by atoms with E-state index in [0.29, 0.717) is 97.2 Å². The van der Waals surface area contributed by atoms with Gasteiger partial charge in [-0.25, -0.2) is 19.1 Å². The van der Waals surface area contributed by atoms with E-state index < -0.39 is 68.9 Å². The third-order valence-corrected chi connectivity index (χ3v) is 17.5. The van der Waals surface area contributed by atoms with Crippen molar-refractivity contribution in [1.29, 1.82) is 0 Å². The summed E-state index contributed by atoms with van der Waals surface area (Å²) in [6.07, 6.45) is 0.469. The molecule has 21 nitrogen and oxygen atoms in total. The second-order valence-corrected chi connectivity index (χ2v) is 25.7. The Morgan fingerprint density at radius 1 is 0.529 bits per heavy atom. The molecule has 0 unspecified atom stereocenters. The SMILES string of the molecule is [C-]#[N+]c1ccc2c(c1)[C@@H](N1CCCC1=O)[C@H](O)C(C)(C)O2.[C-]#[N+]c1ccc2c(c1)[C@@H](N1CCCC1=O)[C@H](OP(=O)(OCc1ccccc1)OCc1ccccc1)C(C)(C)O2.[C-]#[N+]c1ccc2c(c1)[C@@H](N1CCCC1=O)[C@H](OP(=O)([O-])[O-])C(C)(C)O2.[Na+].[Na+]. The summed E-state index contributed by atoms with van der Waals surface area (Å²) in [6.45, 7) is 33.9. The van der Waals surface area contributed by atoms with Crippen LogP contribution in [-0.2, 0) is 54.8 Å². The van der Waals surface area contributed by atoms with Crippen LogP contribution in [0.15, 0.2) is 115 Å². The van der Waals surface area contributed by atoms with Crippen LogP contribution in [-0.4, -0.2) is 92.3 Å². The fraction of sp³-hybridized carbons (Fsp3) is 0.419. The van der Waals surface area contributed by atoms with Crippen molar-refractivity contribution in [3.8, 4) is 17.2 Å². The number of phosphoric ester groups is 2. The Labute approximate surface area is 551 Å². The molecule has 6 atom stereocenters. The van der Waals surface area contributed by atoms with Crippen LogP contribution in [0.25, 0.3) is 14.5 Å². The number of benzene rings is 5. The molecule has 0 spiro atoms. The number of aliphatic hydroxyl groups excluding tert-OH is 1. The van der Waals surface area contributed by atoms with Crippen molar-refractivity contribution < 1.29 is 130 Å². The molecule has 6 aliphatic heterocycles. The maximum Gasteiger partial charge on any atom is 1.00 e. The number of nitrogens with zero attached hydrogens (tertiary/aromatic N) is 6. The third kappa shape index (κ3) is 15.9. The van der Waals surface area contributed by atoms with Crippen LogP contribution >= 0.6 is 15.6 Å². The summed E-state index contributed by atoms with van der Waals surface area (Å²) < 4.78 is 66.7. The minimum atomic E-state index is -5.32. The first-order chi connectivity index (χ1) is 40.3. The molecule has 6 aliphatic rings. The number of phosphoric acid groups is 2. The zero-order valence-corrected chi connectivity index (χ0v) is 55.7. The average molecular weight is 1240 g/mol. The Balaban J connectivity index is 0.000000195. The quantitative estimate of drug-likeness (QED) is 0.0953. The molecule has 87 heavy (non-hydrogen) atoms. The number of hydrogen-bond acceptors (Lipinski definition) is 15. The Hall–Kier alpha value is -5.44. The van der Waals surface area contributed by atoms with E-state index in [2.05, 4.69) is 14.5 Å². The van der Waals surface area contributed by atoms with Gasteiger partial charge < -0.3 is 52.9 Å². The fourth-order valence-electron chi connectivity index (χ4n) is 11.5. The first-order valence-electron chi connectivity index (χ1n) is 27.9. The minimum Gasteiger partial charge on any atom is -0.790 e. The second kappa shape index (κ2) is 28.6. The van der Waals surface area contributed by atoms with Crippen molar-refractivity contribution in [1.82, 2.24) is 14.7 Å². The predicted octanol–water partition coefficient (Wildman–Crippen LogP) is 4.73. The van der Waals surface area contributed by atoms with Gasteiger partial charge in [-0.2, -0.15) is 0 Å². The number of fused-ring (bicyclic) bond motifs is 3. The molecule has 3 amide bonds. The standard InChI is InChI=1S/C30H31N2O6P.C16H19N2O6P.C16H18N2O3.2Na/c1-30(2)29(28(32-18-10-15-27(32)33)25-19-24(31-3)16-17-26(25)37-30)38-39(34,35-20-22-11-6-4-7-12-22)36-21-23-13-8-5-9-14-23;1-16(2)15(24-25(20,21)22)14(18-8-4-5-13(18)19)11-9-10(17-3)6-7-12(11)23-16;1-16(2)15(20)14(18-8-4-5-13(18)19)11-9-10(17-3)6-7-12(11)21-16;;/h4-9,11-14,16-17,19,28-29H,10,15,18,20-21H2,1-2H3;6-7,9,14-15H,4-5,8H2,1-2H3,(H2,20,21,22);6-7,9,14-15,20H,4-5,8H2,1-2H3;;/q;;;2*+1/p-2/t28-,29+;2*14-,15+;;/m111../s1. The van der Waals surface area contributed by atoms with E-state index in [1.54, 1.807) is 78.2 Å². The number of ether oxygens (including phenoxy) is 3. The molecular formula is C62H66N6Na2O15P2. The van der Waals surface area contributed by atoms with Gasteiger partial charge in [0.25, 0.3) is 0 Å². The number of aliphatic hydroxyl groups is 1. The van der Waals surface area contributed by atoms with E-state index in [-0.39, 0.29) is 90.0 Å². The molecule has 5 aromatic rings. The van der Waals surface area contributed by atoms with E-state index in [1.807, 2.05) is 88.4 Å². The first-order valence-corrected chi connectivity index (χ1v) is 30.8. The molecule has 0 aromatic heterocycles. The maximum atomic E-state index is 14.3. The summed E-state index contributed by atoms with van der Waals surface area (Å²) in [6, 6.07) is 31.9. The third-order valence-electron chi connectivity index (χ3n) is 15.7. The van der Waals surface area contributed by atoms with Gasteiger partial charge in [-0.1, -0.05) is 78.9 Å². The Bertz CT molecular complexity index is 3510. The van der Waals surface area contributed by atoms with Gasteiger partial charge in [0, 0.05) is 55.6 Å². The van der Waals surface area contributed by atoms with Gasteiger partial charge in [-0.15, -0.1) is 0 Å². The monoisotopic (exact) mass is 1240 g/mol. The number of carbonyl (C=O) groups is 3. The van der Waals surface area contributed by atoms with Crippen molar-refractivity contribution in [3.63, 3.8) is 0 Å². The summed E-state index contributed by atoms with van der Waals surface area (Å²) in [7, 11) is -9.53. The Kier molecular flexibility index (Phi) is 22.7. The largest absolute Gasteiger partial charge is 1.00 e. The zero-order chi connectivity index (χ0) is 61.1. The van der Waals surface area contributed by atoms with Crippen LogP contribution in [0.4, 0.5) is 17.1 Å². The smallest absolute Gasteiger partial charge is 0.790 e. The molecule has 3 fully saturated rings. The number of carbonyl (C=O) groups excluding carboxylic acids is 3. The number of likely N-dealkylation sites (tertiary alicyclic amines) is 3. The van der Waals surface area contributed by atoms with Gasteiger partial charge in [0.15, 0.2) is 17.1 Å². The Morgan fingerprint density at radius 2 is 0.862 bits per heavy atom. The second-order valence-electron chi connectivity index (χ2n) is 22.9. The molecule has 1 N–H and O–H groups in total. The molecule has 0 saturated carbocycles. The zero-order valence-electron chi connectivity index (χ0n) is 50.0. The van der Waals surface area contributed by atoms with E-state index in [4.69, 9.17) is 52.0 Å². The average Bonchev–Trinajstić information content (AvgIpc) is 1.61. The molecule has 446 valence electrons. The molecule has 5 aromatic carbocycles. The summed E-state index contributed by atoms with van der Waals surface area (Å²) in [4.78, 5) is 75.4. The fourth-order valence-corrected chi connectivity index (χ4v) is 13.6. The number of hydrogen-bond donors (Lipinski definition) is 1. The van der Waals surface area contributed by atoms with Gasteiger partial charge in [0.2, 0.25) is 17.7 Å². The van der Waals surface area contributed by atoms with Crippen molar-refractivity contribution >= 4 is 50.4 Å². The van der Waals surface area contributed by atoms with Crippen LogP contribution in [0.3, 0.4) is 0 Å². The normalized spacial score (nSPS) is 22.8. The van der Waals surface area contributed by atoms with Crippen LogP contribution in [0.1, 0.15) is 126 Å². The van der Waals surface area contributed by atoms with Crippen molar-refractivity contribution in [3.05, 3.63) is 177 Å².